The highest BCUT2D eigenvalue weighted by molar-refractivity contribution is 7.15. The van der Waals surface area contributed by atoms with Gasteiger partial charge in [-0.05, 0) is 34.1 Å². The van der Waals surface area contributed by atoms with E-state index in [1.807, 2.05) is 13.8 Å². The summed E-state index contributed by atoms with van der Waals surface area (Å²) in [6.07, 6.45) is 0.970. The Kier molecular flexibility index (Phi) is 3.89. The third-order valence-corrected chi connectivity index (χ3v) is 3.13. The van der Waals surface area contributed by atoms with Gasteiger partial charge in [-0.3, -0.25) is 0 Å². The molecule has 0 aliphatic rings. The molecule has 2 atom stereocenters. The van der Waals surface area contributed by atoms with Crippen molar-refractivity contribution in [1.29, 1.82) is 0 Å². The van der Waals surface area contributed by atoms with E-state index in [1.165, 1.54) is 4.88 Å². The van der Waals surface area contributed by atoms with Crippen LogP contribution in [0.5, 0.6) is 0 Å². The third-order valence-electron chi connectivity index (χ3n) is 2.12. The molecule has 80 valence electrons. The second-order valence-corrected chi connectivity index (χ2v) is 5.12. The molecule has 1 aromatic rings. The highest BCUT2D eigenvalue weighted by Crippen LogP contribution is 2.22. The van der Waals surface area contributed by atoms with Crippen LogP contribution in [0.25, 0.3) is 0 Å². The maximum absolute atomic E-state index is 5.73. The molecule has 0 aromatic carbocycles. The van der Waals surface area contributed by atoms with Gasteiger partial charge in [-0.25, -0.2) is 4.98 Å². The summed E-state index contributed by atoms with van der Waals surface area (Å²) in [6, 6.07) is 0.625. The van der Waals surface area contributed by atoms with Crippen LogP contribution >= 0.6 is 11.3 Å². The first-order chi connectivity index (χ1) is 6.49. The van der Waals surface area contributed by atoms with Gasteiger partial charge >= 0.3 is 0 Å². The van der Waals surface area contributed by atoms with Crippen LogP contribution in [0.15, 0.2) is 0 Å². The highest BCUT2D eigenvalue weighted by Gasteiger charge is 2.08. The lowest BCUT2D eigenvalue weighted by Gasteiger charge is -2.14. The molecule has 0 aliphatic heterocycles. The smallest absolute Gasteiger partial charge is 0.183 e. The van der Waals surface area contributed by atoms with Gasteiger partial charge in [0.15, 0.2) is 5.13 Å². The molecule has 3 N–H and O–H groups in total. The van der Waals surface area contributed by atoms with E-state index in [9.17, 15) is 0 Å². The lowest BCUT2D eigenvalue weighted by molar-refractivity contribution is 0.604. The van der Waals surface area contributed by atoms with Crippen LogP contribution in [0, 0.1) is 13.8 Å². The van der Waals surface area contributed by atoms with Gasteiger partial charge in [0.05, 0.1) is 5.69 Å². The van der Waals surface area contributed by atoms with Crippen molar-refractivity contribution in [1.82, 2.24) is 4.98 Å². The largest absolute Gasteiger partial charge is 0.359 e. The first kappa shape index (κ1) is 11.5. The number of nitrogens with zero attached hydrogens (tertiary/aromatic N) is 1. The summed E-state index contributed by atoms with van der Waals surface area (Å²) in [5.41, 5.74) is 6.84. The van der Waals surface area contributed by atoms with Crippen molar-refractivity contribution in [3.63, 3.8) is 0 Å². The monoisotopic (exact) mass is 213 g/mol. The summed E-state index contributed by atoms with van der Waals surface area (Å²) in [5.74, 6) is 0. The van der Waals surface area contributed by atoms with E-state index < -0.39 is 0 Å². The van der Waals surface area contributed by atoms with E-state index in [0.29, 0.717) is 6.04 Å². The van der Waals surface area contributed by atoms with Crippen LogP contribution in [0.2, 0.25) is 0 Å². The predicted molar refractivity (Wildman–Crippen MR) is 62.9 cm³/mol. The summed E-state index contributed by atoms with van der Waals surface area (Å²) in [6.45, 7) is 8.29. The Bertz CT molecular complexity index is 274. The number of aromatic nitrogens is 1. The number of nitrogens with two attached hydrogens (primary N) is 1. The van der Waals surface area contributed by atoms with E-state index in [1.54, 1.807) is 11.3 Å². The summed E-state index contributed by atoms with van der Waals surface area (Å²) in [5, 5.41) is 4.37. The first-order valence-electron chi connectivity index (χ1n) is 4.95. The van der Waals surface area contributed by atoms with Gasteiger partial charge in [-0.2, -0.15) is 0 Å². The van der Waals surface area contributed by atoms with Crippen molar-refractivity contribution in [3.05, 3.63) is 10.6 Å². The Morgan fingerprint density at radius 2 is 2.07 bits per heavy atom. The average Bonchev–Trinajstić information content (AvgIpc) is 2.28. The van der Waals surface area contributed by atoms with Gasteiger partial charge in [0.2, 0.25) is 0 Å². The zero-order valence-electron chi connectivity index (χ0n) is 9.29. The molecular weight excluding hydrogens is 194 g/mol. The van der Waals surface area contributed by atoms with Crippen LogP contribution in [0.4, 0.5) is 5.13 Å². The number of hydrogen-bond donors (Lipinski definition) is 2. The molecule has 1 rings (SSSR count). The molecule has 0 saturated carbocycles. The number of thiazole rings is 1. The standard InChI is InChI=1S/C10H19N3S/c1-6(11)5-7(2)12-10-13-8(3)9(4)14-10/h6-7H,5,11H2,1-4H3,(H,12,13). The van der Waals surface area contributed by atoms with Crippen molar-refractivity contribution < 1.29 is 0 Å². The quantitative estimate of drug-likeness (QED) is 0.807. The Balaban J connectivity index is 2.51. The second-order valence-electron chi connectivity index (χ2n) is 3.92. The minimum atomic E-state index is 0.236. The average molecular weight is 213 g/mol. The number of anilines is 1. The van der Waals surface area contributed by atoms with Gasteiger partial charge in [0.25, 0.3) is 0 Å². The van der Waals surface area contributed by atoms with Crippen molar-refractivity contribution in [2.24, 2.45) is 5.73 Å². The molecule has 1 aromatic heterocycles. The van der Waals surface area contributed by atoms with Crippen molar-refractivity contribution in [2.45, 2.75) is 46.2 Å². The lowest BCUT2D eigenvalue weighted by Crippen LogP contribution is -2.26. The minimum absolute atomic E-state index is 0.236. The fraction of sp³-hybridized carbons (Fsp3) is 0.700. The summed E-state index contributed by atoms with van der Waals surface area (Å²) >= 11 is 1.71. The fourth-order valence-corrected chi connectivity index (χ4v) is 2.29. The molecular formula is C10H19N3S. The summed E-state index contributed by atoms with van der Waals surface area (Å²) < 4.78 is 0. The number of nitrogens with one attached hydrogen (secondary N) is 1. The van der Waals surface area contributed by atoms with E-state index in [4.69, 9.17) is 5.73 Å². The molecule has 0 aliphatic carbocycles. The van der Waals surface area contributed by atoms with Gasteiger partial charge in [-0.15, -0.1) is 11.3 Å². The topological polar surface area (TPSA) is 50.9 Å². The molecule has 0 bridgehead atoms. The Morgan fingerprint density at radius 1 is 1.43 bits per heavy atom. The van der Waals surface area contributed by atoms with Gasteiger partial charge in [0.1, 0.15) is 0 Å². The van der Waals surface area contributed by atoms with Gasteiger partial charge in [-0.1, -0.05) is 0 Å². The molecule has 0 amide bonds. The molecule has 0 radical (unpaired) electrons. The van der Waals surface area contributed by atoms with E-state index in [2.05, 4.69) is 24.1 Å². The lowest BCUT2D eigenvalue weighted by atomic mass is 10.1. The molecule has 2 unspecified atom stereocenters. The Hall–Kier alpha value is -0.610. The predicted octanol–water partition coefficient (Wildman–Crippen LogP) is 2.30. The second kappa shape index (κ2) is 4.75. The van der Waals surface area contributed by atoms with Crippen LogP contribution < -0.4 is 11.1 Å². The SMILES string of the molecule is Cc1nc(NC(C)CC(C)N)sc1C. The molecule has 3 nitrogen and oxygen atoms in total. The number of rotatable bonds is 4. The first-order valence-corrected chi connectivity index (χ1v) is 5.77. The fourth-order valence-electron chi connectivity index (χ4n) is 1.36. The van der Waals surface area contributed by atoms with E-state index >= 15 is 0 Å². The third kappa shape index (κ3) is 3.27. The van der Waals surface area contributed by atoms with Crippen molar-refractivity contribution in [3.8, 4) is 0 Å². The van der Waals surface area contributed by atoms with Crippen molar-refractivity contribution >= 4 is 16.5 Å². The highest BCUT2D eigenvalue weighted by atomic mass is 32.1. The maximum Gasteiger partial charge on any atom is 0.183 e. The number of hydrogen-bond acceptors (Lipinski definition) is 4. The van der Waals surface area contributed by atoms with Crippen LogP contribution in [0.1, 0.15) is 30.8 Å². The van der Waals surface area contributed by atoms with Crippen molar-refractivity contribution in [2.75, 3.05) is 5.32 Å². The molecule has 0 fully saturated rings. The molecule has 1 heterocycles. The zero-order valence-corrected chi connectivity index (χ0v) is 10.1. The maximum atomic E-state index is 5.73. The molecule has 0 spiro atoms. The van der Waals surface area contributed by atoms with Gasteiger partial charge < -0.3 is 11.1 Å². The molecule has 4 heteroatoms. The van der Waals surface area contributed by atoms with Crippen LogP contribution in [-0.4, -0.2) is 17.1 Å². The normalized spacial score (nSPS) is 15.2. The van der Waals surface area contributed by atoms with Crippen LogP contribution in [-0.2, 0) is 0 Å². The molecule has 14 heavy (non-hydrogen) atoms. The van der Waals surface area contributed by atoms with E-state index in [-0.39, 0.29) is 6.04 Å². The Labute approximate surface area is 89.7 Å². The summed E-state index contributed by atoms with van der Waals surface area (Å²) in [4.78, 5) is 5.70. The van der Waals surface area contributed by atoms with E-state index in [0.717, 1.165) is 17.2 Å². The zero-order chi connectivity index (χ0) is 10.7. The summed E-state index contributed by atoms with van der Waals surface area (Å²) in [7, 11) is 0. The Morgan fingerprint density at radius 3 is 2.50 bits per heavy atom. The van der Waals surface area contributed by atoms with Gasteiger partial charge in [0, 0.05) is 17.0 Å². The minimum Gasteiger partial charge on any atom is -0.359 e. The number of aryl methyl sites for hydroxylation is 2. The molecule has 0 saturated heterocycles. The van der Waals surface area contributed by atoms with Crippen LogP contribution in [0.3, 0.4) is 0 Å².